The molecular weight excluding hydrogens is 322 g/mol. The third-order valence-electron chi connectivity index (χ3n) is 3.39. The minimum absolute atomic E-state index is 0.0556. The first kappa shape index (κ1) is 18.4. The summed E-state index contributed by atoms with van der Waals surface area (Å²) in [6.45, 7) is 5.94. The monoisotopic (exact) mass is 343 g/mol. The second kappa shape index (κ2) is 8.77. The Balaban J connectivity index is 1.70. The maximum Gasteiger partial charge on any atom is 0.344 e. The Bertz CT molecular complexity index is 724. The molecule has 1 amide bonds. The first-order valence-corrected chi connectivity index (χ1v) is 7.88. The lowest BCUT2D eigenvalue weighted by Crippen LogP contribution is -2.29. The van der Waals surface area contributed by atoms with Gasteiger partial charge in [0, 0.05) is 12.4 Å². The third-order valence-corrected chi connectivity index (χ3v) is 3.39. The molecule has 0 fully saturated rings. The Morgan fingerprint density at radius 3 is 2.48 bits per heavy atom. The van der Waals surface area contributed by atoms with Crippen LogP contribution in [0.5, 0.6) is 5.75 Å². The van der Waals surface area contributed by atoms with Crippen molar-refractivity contribution in [2.75, 3.05) is 19.8 Å². The number of amides is 1. The number of hydrogen-bond donors (Lipinski definition) is 1. The summed E-state index contributed by atoms with van der Waals surface area (Å²) >= 11 is 0. The Hall–Kier alpha value is -2.96. The summed E-state index contributed by atoms with van der Waals surface area (Å²) in [5, 5.41) is 2.59. The summed E-state index contributed by atoms with van der Waals surface area (Å²) in [6, 6.07) is 3.99. The molecule has 0 spiro atoms. The van der Waals surface area contributed by atoms with Crippen LogP contribution in [0.1, 0.15) is 27.2 Å². The third kappa shape index (κ3) is 5.56. The molecule has 7 heteroatoms. The van der Waals surface area contributed by atoms with E-state index in [0.717, 1.165) is 16.7 Å². The molecule has 7 nitrogen and oxygen atoms in total. The number of ether oxygens (including phenoxy) is 2. The number of carbonyl (C=O) groups is 2. The van der Waals surface area contributed by atoms with Gasteiger partial charge in [0.1, 0.15) is 18.1 Å². The molecule has 1 N–H and O–H groups in total. The van der Waals surface area contributed by atoms with E-state index in [1.54, 1.807) is 0 Å². The summed E-state index contributed by atoms with van der Waals surface area (Å²) in [5.74, 6) is -0.169. The summed E-state index contributed by atoms with van der Waals surface area (Å²) in [6.07, 6.45) is 4.28. The van der Waals surface area contributed by atoms with Crippen LogP contribution in [0, 0.1) is 20.8 Å². The van der Waals surface area contributed by atoms with E-state index in [1.165, 1.54) is 18.6 Å². The van der Waals surface area contributed by atoms with Gasteiger partial charge in [0.2, 0.25) is 0 Å². The van der Waals surface area contributed by atoms with E-state index in [2.05, 4.69) is 15.3 Å². The van der Waals surface area contributed by atoms with Crippen molar-refractivity contribution in [3.63, 3.8) is 0 Å². The second-order valence-corrected chi connectivity index (χ2v) is 5.58. The van der Waals surface area contributed by atoms with Crippen LogP contribution in [0.15, 0.2) is 30.7 Å². The van der Waals surface area contributed by atoms with Crippen molar-refractivity contribution in [3.05, 3.63) is 53.1 Å². The van der Waals surface area contributed by atoms with Gasteiger partial charge in [0.15, 0.2) is 6.61 Å². The highest BCUT2D eigenvalue weighted by Gasteiger charge is 2.10. The fourth-order valence-corrected chi connectivity index (χ4v) is 2.40. The molecular formula is C18H21N3O4. The average Bonchev–Trinajstić information content (AvgIpc) is 2.58. The van der Waals surface area contributed by atoms with Crippen molar-refractivity contribution in [3.8, 4) is 5.75 Å². The number of rotatable bonds is 7. The molecule has 1 heterocycles. The standard InChI is InChI=1S/C18H21N3O4/c1-12-8-13(2)17(14(3)9-12)25-11-16(22)24-7-6-21-18(23)15-10-19-4-5-20-15/h4-5,8-10H,6-7,11H2,1-3H3,(H,21,23). The number of aryl methyl sites for hydroxylation is 3. The zero-order chi connectivity index (χ0) is 18.2. The lowest BCUT2D eigenvalue weighted by atomic mass is 10.1. The highest BCUT2D eigenvalue weighted by molar-refractivity contribution is 5.91. The zero-order valence-electron chi connectivity index (χ0n) is 14.5. The maximum atomic E-state index is 11.7. The second-order valence-electron chi connectivity index (χ2n) is 5.58. The predicted octanol–water partition coefficient (Wildman–Crippen LogP) is 1.75. The van der Waals surface area contributed by atoms with Gasteiger partial charge >= 0.3 is 5.97 Å². The van der Waals surface area contributed by atoms with Crippen molar-refractivity contribution >= 4 is 11.9 Å². The van der Waals surface area contributed by atoms with E-state index < -0.39 is 5.97 Å². The molecule has 2 aromatic rings. The highest BCUT2D eigenvalue weighted by atomic mass is 16.6. The van der Waals surface area contributed by atoms with E-state index in [1.807, 2.05) is 32.9 Å². The van der Waals surface area contributed by atoms with Crippen LogP contribution in [0.4, 0.5) is 0 Å². The van der Waals surface area contributed by atoms with Gasteiger partial charge in [-0.15, -0.1) is 0 Å². The van der Waals surface area contributed by atoms with Crippen LogP contribution < -0.4 is 10.1 Å². The molecule has 1 aromatic carbocycles. The van der Waals surface area contributed by atoms with Crippen LogP contribution in [0.2, 0.25) is 0 Å². The first-order chi connectivity index (χ1) is 12.0. The van der Waals surface area contributed by atoms with Gasteiger partial charge in [0.25, 0.3) is 5.91 Å². The van der Waals surface area contributed by atoms with Gasteiger partial charge in [-0.05, 0) is 31.9 Å². The van der Waals surface area contributed by atoms with Crippen LogP contribution in [0.25, 0.3) is 0 Å². The molecule has 0 bridgehead atoms. The average molecular weight is 343 g/mol. The minimum Gasteiger partial charge on any atom is -0.481 e. The molecule has 0 aliphatic rings. The molecule has 1 aromatic heterocycles. The predicted molar refractivity (Wildman–Crippen MR) is 91.5 cm³/mol. The van der Waals surface area contributed by atoms with E-state index in [4.69, 9.17) is 9.47 Å². The molecule has 0 unspecified atom stereocenters. The Kier molecular flexibility index (Phi) is 6.45. The molecule has 0 saturated heterocycles. The van der Waals surface area contributed by atoms with Crippen molar-refractivity contribution in [1.82, 2.24) is 15.3 Å². The van der Waals surface area contributed by atoms with Crippen LogP contribution >= 0.6 is 0 Å². The van der Waals surface area contributed by atoms with E-state index in [-0.39, 0.29) is 31.4 Å². The number of aromatic nitrogens is 2. The zero-order valence-corrected chi connectivity index (χ0v) is 14.5. The number of hydrogen-bond acceptors (Lipinski definition) is 6. The fourth-order valence-electron chi connectivity index (χ4n) is 2.40. The Labute approximate surface area is 146 Å². The van der Waals surface area contributed by atoms with Gasteiger partial charge in [-0.3, -0.25) is 9.78 Å². The largest absolute Gasteiger partial charge is 0.481 e. The van der Waals surface area contributed by atoms with E-state index >= 15 is 0 Å². The lowest BCUT2D eigenvalue weighted by Gasteiger charge is -2.13. The van der Waals surface area contributed by atoms with E-state index in [0.29, 0.717) is 5.75 Å². The first-order valence-electron chi connectivity index (χ1n) is 7.88. The Morgan fingerprint density at radius 2 is 1.84 bits per heavy atom. The quantitative estimate of drug-likeness (QED) is 0.608. The van der Waals surface area contributed by atoms with Crippen molar-refractivity contribution in [2.45, 2.75) is 20.8 Å². The topological polar surface area (TPSA) is 90.4 Å². The lowest BCUT2D eigenvalue weighted by molar-refractivity contribution is -0.145. The highest BCUT2D eigenvalue weighted by Crippen LogP contribution is 2.24. The van der Waals surface area contributed by atoms with Gasteiger partial charge in [-0.2, -0.15) is 0 Å². The number of benzene rings is 1. The molecule has 25 heavy (non-hydrogen) atoms. The molecule has 0 aliphatic heterocycles. The molecule has 0 atom stereocenters. The summed E-state index contributed by atoms with van der Waals surface area (Å²) in [5.41, 5.74) is 3.30. The molecule has 0 radical (unpaired) electrons. The number of nitrogens with zero attached hydrogens (tertiary/aromatic N) is 2. The van der Waals surface area contributed by atoms with Crippen molar-refractivity contribution in [2.24, 2.45) is 0 Å². The Morgan fingerprint density at radius 1 is 1.12 bits per heavy atom. The smallest absolute Gasteiger partial charge is 0.344 e. The molecule has 132 valence electrons. The van der Waals surface area contributed by atoms with Crippen molar-refractivity contribution in [1.29, 1.82) is 0 Å². The summed E-state index contributed by atoms with van der Waals surface area (Å²) in [4.78, 5) is 31.1. The van der Waals surface area contributed by atoms with Gasteiger partial charge < -0.3 is 14.8 Å². The maximum absolute atomic E-state index is 11.7. The molecule has 2 rings (SSSR count). The molecule has 0 saturated carbocycles. The van der Waals surface area contributed by atoms with Gasteiger partial charge in [0.05, 0.1) is 12.7 Å². The van der Waals surface area contributed by atoms with Crippen LogP contribution in [-0.4, -0.2) is 41.6 Å². The molecule has 0 aliphatic carbocycles. The van der Waals surface area contributed by atoms with Gasteiger partial charge in [-0.1, -0.05) is 17.7 Å². The summed E-state index contributed by atoms with van der Waals surface area (Å²) < 4.78 is 10.6. The minimum atomic E-state index is -0.492. The van der Waals surface area contributed by atoms with Crippen LogP contribution in [0.3, 0.4) is 0 Å². The fraction of sp³-hybridized carbons (Fsp3) is 0.333. The number of carbonyl (C=O) groups excluding carboxylic acids is 2. The number of esters is 1. The van der Waals surface area contributed by atoms with Crippen LogP contribution in [-0.2, 0) is 9.53 Å². The SMILES string of the molecule is Cc1cc(C)c(OCC(=O)OCCNC(=O)c2cnccn2)c(C)c1. The van der Waals surface area contributed by atoms with E-state index in [9.17, 15) is 9.59 Å². The van der Waals surface area contributed by atoms with Gasteiger partial charge in [-0.25, -0.2) is 9.78 Å². The number of nitrogens with one attached hydrogen (secondary N) is 1. The summed E-state index contributed by atoms with van der Waals surface area (Å²) in [7, 11) is 0. The van der Waals surface area contributed by atoms with Crippen molar-refractivity contribution < 1.29 is 19.1 Å². The normalized spacial score (nSPS) is 10.2.